The van der Waals surface area contributed by atoms with E-state index in [2.05, 4.69) is 5.32 Å². The number of urea groups is 1. The first-order valence-corrected chi connectivity index (χ1v) is 4.31. The van der Waals surface area contributed by atoms with Crippen molar-refractivity contribution in [2.24, 2.45) is 0 Å². The summed E-state index contributed by atoms with van der Waals surface area (Å²) in [6.45, 7) is 1.58. The molecule has 78 valence electrons. The summed E-state index contributed by atoms with van der Waals surface area (Å²) in [5, 5.41) is 2.45. The highest BCUT2D eigenvalue weighted by molar-refractivity contribution is 6.21. The Bertz CT molecular complexity index is 437. The number of carbonyl (C=O) groups is 3. The molecule has 0 radical (unpaired) electrons. The van der Waals surface area contributed by atoms with Gasteiger partial charge >= 0.3 is 6.03 Å². The van der Waals surface area contributed by atoms with Gasteiger partial charge in [0.25, 0.3) is 5.91 Å². The quantitative estimate of drug-likeness (QED) is 0.568. The molecule has 3 amide bonds. The lowest BCUT2D eigenvalue weighted by Gasteiger charge is -2.07. The van der Waals surface area contributed by atoms with Crippen LogP contribution >= 0.6 is 0 Å². The molecule has 1 fully saturated rings. The Hall–Kier alpha value is -2.11. The maximum absolute atomic E-state index is 11.5. The van der Waals surface area contributed by atoms with Crippen LogP contribution in [0.1, 0.15) is 17.5 Å². The van der Waals surface area contributed by atoms with Crippen molar-refractivity contribution in [2.45, 2.75) is 13.0 Å². The molecule has 15 heavy (non-hydrogen) atoms. The van der Waals surface area contributed by atoms with Crippen molar-refractivity contribution in [2.75, 3.05) is 4.90 Å². The minimum atomic E-state index is -0.549. The number of furan rings is 1. The SMILES string of the molecule is CC1NC(=O)N(c2coc(C=O)c2)C1=O. The fraction of sp³-hybridized carbons (Fsp3) is 0.222. The summed E-state index contributed by atoms with van der Waals surface area (Å²) < 4.78 is 4.82. The Labute approximate surface area is 84.8 Å². The molecular weight excluding hydrogens is 200 g/mol. The molecule has 0 spiro atoms. The molecule has 1 aromatic heterocycles. The first-order chi connectivity index (χ1) is 7.13. The van der Waals surface area contributed by atoms with Crippen molar-refractivity contribution < 1.29 is 18.8 Å². The topological polar surface area (TPSA) is 79.6 Å². The molecule has 6 heteroatoms. The number of amides is 3. The summed E-state index contributed by atoms with van der Waals surface area (Å²) in [6, 6.07) is 0.278. The molecule has 0 saturated carbocycles. The number of aldehydes is 1. The lowest BCUT2D eigenvalue weighted by Crippen LogP contribution is -2.30. The third kappa shape index (κ3) is 1.39. The van der Waals surface area contributed by atoms with E-state index < -0.39 is 12.1 Å². The number of carbonyl (C=O) groups excluding carboxylic acids is 3. The van der Waals surface area contributed by atoms with Crippen LogP contribution in [0.4, 0.5) is 10.5 Å². The minimum absolute atomic E-state index is 0.0742. The normalized spacial score (nSPS) is 20.6. The van der Waals surface area contributed by atoms with Gasteiger partial charge in [-0.15, -0.1) is 0 Å². The molecule has 6 nitrogen and oxygen atoms in total. The van der Waals surface area contributed by atoms with Gasteiger partial charge < -0.3 is 9.73 Å². The van der Waals surface area contributed by atoms with Gasteiger partial charge in [0, 0.05) is 6.07 Å². The Morgan fingerprint density at radius 1 is 1.53 bits per heavy atom. The van der Waals surface area contributed by atoms with E-state index >= 15 is 0 Å². The molecule has 0 aromatic carbocycles. The van der Waals surface area contributed by atoms with Crippen LogP contribution < -0.4 is 10.2 Å². The second kappa shape index (κ2) is 3.23. The first-order valence-electron chi connectivity index (χ1n) is 4.31. The molecule has 1 unspecified atom stereocenters. The van der Waals surface area contributed by atoms with Crippen molar-refractivity contribution >= 4 is 23.9 Å². The van der Waals surface area contributed by atoms with E-state index in [9.17, 15) is 14.4 Å². The third-order valence-corrected chi connectivity index (χ3v) is 2.11. The van der Waals surface area contributed by atoms with Gasteiger partial charge in [0.15, 0.2) is 12.0 Å². The summed E-state index contributed by atoms with van der Waals surface area (Å²) in [5.41, 5.74) is 0.268. The summed E-state index contributed by atoms with van der Waals surface area (Å²) in [5.74, 6) is -0.289. The fourth-order valence-electron chi connectivity index (χ4n) is 1.37. The molecule has 2 heterocycles. The van der Waals surface area contributed by atoms with Crippen LogP contribution in [-0.2, 0) is 4.79 Å². The lowest BCUT2D eigenvalue weighted by atomic mass is 10.3. The zero-order valence-corrected chi connectivity index (χ0v) is 7.89. The standard InChI is InChI=1S/C9H8N2O4/c1-5-8(13)11(9(14)10-5)6-2-7(3-12)15-4-6/h2-5H,1H3,(H,10,14). The lowest BCUT2D eigenvalue weighted by molar-refractivity contribution is -0.117. The Morgan fingerprint density at radius 3 is 2.73 bits per heavy atom. The number of hydrogen-bond donors (Lipinski definition) is 1. The van der Waals surface area contributed by atoms with Crippen LogP contribution in [0.5, 0.6) is 0 Å². The van der Waals surface area contributed by atoms with E-state index in [-0.39, 0.29) is 17.4 Å². The van der Waals surface area contributed by atoms with Crippen molar-refractivity contribution in [1.29, 1.82) is 0 Å². The highest BCUT2D eigenvalue weighted by atomic mass is 16.3. The van der Waals surface area contributed by atoms with Crippen LogP contribution in [0.25, 0.3) is 0 Å². The van der Waals surface area contributed by atoms with Crippen LogP contribution in [-0.4, -0.2) is 24.3 Å². The predicted octanol–water partition coefficient (Wildman–Crippen LogP) is 0.537. The van der Waals surface area contributed by atoms with Crippen molar-refractivity contribution in [1.82, 2.24) is 5.32 Å². The van der Waals surface area contributed by atoms with Crippen molar-refractivity contribution in [3.63, 3.8) is 0 Å². The van der Waals surface area contributed by atoms with Crippen molar-refractivity contribution in [3.05, 3.63) is 18.1 Å². The highest BCUT2D eigenvalue weighted by Gasteiger charge is 2.36. The second-order valence-electron chi connectivity index (χ2n) is 3.17. The summed E-state index contributed by atoms with van der Waals surface area (Å²) in [7, 11) is 0. The summed E-state index contributed by atoms with van der Waals surface area (Å²) in [4.78, 5) is 34.2. The highest BCUT2D eigenvalue weighted by Crippen LogP contribution is 2.21. The van der Waals surface area contributed by atoms with E-state index in [0.29, 0.717) is 6.29 Å². The smallest absolute Gasteiger partial charge is 0.329 e. The maximum Gasteiger partial charge on any atom is 0.329 e. The molecule has 0 aliphatic carbocycles. The van der Waals surface area contributed by atoms with E-state index in [1.54, 1.807) is 6.92 Å². The van der Waals surface area contributed by atoms with Gasteiger partial charge in [0.2, 0.25) is 0 Å². The number of rotatable bonds is 2. The average molecular weight is 208 g/mol. The molecule has 0 bridgehead atoms. The maximum atomic E-state index is 11.5. The van der Waals surface area contributed by atoms with Gasteiger partial charge in [-0.3, -0.25) is 9.59 Å². The Balaban J connectivity index is 2.34. The number of anilines is 1. The molecule has 1 aliphatic rings. The van der Waals surface area contributed by atoms with E-state index in [1.807, 2.05) is 0 Å². The average Bonchev–Trinajstić information content (AvgIpc) is 2.74. The van der Waals surface area contributed by atoms with Crippen LogP contribution in [0.3, 0.4) is 0 Å². The van der Waals surface area contributed by atoms with Crippen molar-refractivity contribution in [3.8, 4) is 0 Å². The zero-order valence-electron chi connectivity index (χ0n) is 7.89. The molecule has 1 aromatic rings. The van der Waals surface area contributed by atoms with Crippen LogP contribution in [0.15, 0.2) is 16.7 Å². The number of nitrogens with zero attached hydrogens (tertiary/aromatic N) is 1. The van der Waals surface area contributed by atoms with Gasteiger partial charge in [0.1, 0.15) is 12.3 Å². The predicted molar refractivity (Wildman–Crippen MR) is 49.6 cm³/mol. The van der Waals surface area contributed by atoms with Crippen LogP contribution in [0.2, 0.25) is 0 Å². The second-order valence-corrected chi connectivity index (χ2v) is 3.17. The molecular formula is C9H8N2O4. The fourth-order valence-corrected chi connectivity index (χ4v) is 1.37. The zero-order chi connectivity index (χ0) is 11.0. The van der Waals surface area contributed by atoms with Crippen LogP contribution in [0, 0.1) is 0 Å². The number of hydrogen-bond acceptors (Lipinski definition) is 4. The molecule has 1 atom stereocenters. The van der Waals surface area contributed by atoms with Gasteiger partial charge in [-0.1, -0.05) is 0 Å². The molecule has 1 aliphatic heterocycles. The molecule has 1 saturated heterocycles. The minimum Gasteiger partial charge on any atom is -0.459 e. The molecule has 2 rings (SSSR count). The molecule has 1 N–H and O–H groups in total. The Morgan fingerprint density at radius 2 is 2.27 bits per heavy atom. The number of nitrogens with one attached hydrogen (secondary N) is 1. The van der Waals surface area contributed by atoms with Gasteiger partial charge in [-0.25, -0.2) is 9.69 Å². The summed E-state index contributed by atoms with van der Waals surface area (Å²) in [6.07, 6.45) is 1.70. The number of imide groups is 1. The van der Waals surface area contributed by atoms with E-state index in [1.165, 1.54) is 12.3 Å². The first kappa shape index (κ1) is 9.45. The largest absolute Gasteiger partial charge is 0.459 e. The van der Waals surface area contributed by atoms with Gasteiger partial charge in [-0.05, 0) is 6.92 Å². The van der Waals surface area contributed by atoms with Gasteiger partial charge in [0.05, 0.1) is 5.69 Å². The van der Waals surface area contributed by atoms with E-state index in [0.717, 1.165) is 4.90 Å². The summed E-state index contributed by atoms with van der Waals surface area (Å²) >= 11 is 0. The Kier molecular flexibility index (Phi) is 2.03. The van der Waals surface area contributed by atoms with Gasteiger partial charge in [-0.2, -0.15) is 0 Å². The monoisotopic (exact) mass is 208 g/mol. The third-order valence-electron chi connectivity index (χ3n) is 2.11. The van der Waals surface area contributed by atoms with E-state index in [4.69, 9.17) is 4.42 Å².